The fourth-order valence-electron chi connectivity index (χ4n) is 1.78. The molecule has 1 unspecified atom stereocenters. The van der Waals surface area contributed by atoms with Gasteiger partial charge in [0.15, 0.2) is 9.84 Å². The lowest BCUT2D eigenvalue weighted by Gasteiger charge is -2.33. The van der Waals surface area contributed by atoms with E-state index in [0.29, 0.717) is 18.1 Å². The molecule has 0 saturated heterocycles. The Hall–Kier alpha value is -1.21. The fraction of sp³-hybridized carbons (Fsp3) is 0.667. The van der Waals surface area contributed by atoms with Crippen LogP contribution in [0.2, 0.25) is 0 Å². The average Bonchev–Trinajstić information content (AvgIpc) is 2.34. The molecule has 0 aromatic carbocycles. The van der Waals surface area contributed by atoms with Crippen LogP contribution in [0, 0.1) is 0 Å². The lowest BCUT2D eigenvalue weighted by Crippen LogP contribution is -2.45. The van der Waals surface area contributed by atoms with E-state index in [2.05, 4.69) is 15.3 Å². The van der Waals surface area contributed by atoms with Gasteiger partial charge < -0.3 is 10.1 Å². The van der Waals surface area contributed by atoms with Gasteiger partial charge in [0.05, 0.1) is 17.9 Å². The molecule has 0 amide bonds. The number of nitrogens with zero attached hydrogens (tertiary/aromatic N) is 2. The van der Waals surface area contributed by atoms with Crippen LogP contribution in [-0.2, 0) is 9.84 Å². The third-order valence-electron chi connectivity index (χ3n) is 3.22. The second kappa shape index (κ2) is 5.83. The Balaban J connectivity index is 3.36. The molecule has 0 saturated carbocycles. The smallest absolute Gasteiger partial charge is 0.237 e. The number of sulfone groups is 1. The summed E-state index contributed by atoms with van der Waals surface area (Å²) in [6.45, 7) is 5.87. The summed E-state index contributed by atoms with van der Waals surface area (Å²) >= 11 is 0. The minimum absolute atomic E-state index is 0.338. The molecule has 0 spiro atoms. The molecule has 0 aliphatic carbocycles. The number of nitrogens with one attached hydrogen (secondary N) is 1. The van der Waals surface area contributed by atoms with E-state index >= 15 is 0 Å². The maximum absolute atomic E-state index is 12.0. The molecule has 1 rings (SSSR count). The standard InChI is InChI=1S/C12H21N3O3S/c1-6-13-10(12(2,3)19(5,16)17)9-11(18-4)15-8-7-14-9/h7-8,10,13H,6H2,1-5H3. The van der Waals surface area contributed by atoms with Gasteiger partial charge in [-0.3, -0.25) is 4.98 Å². The molecule has 1 aromatic heterocycles. The summed E-state index contributed by atoms with van der Waals surface area (Å²) in [5, 5.41) is 3.16. The van der Waals surface area contributed by atoms with Crippen LogP contribution in [0.25, 0.3) is 0 Å². The highest BCUT2D eigenvalue weighted by Crippen LogP contribution is 2.34. The summed E-state index contributed by atoms with van der Waals surface area (Å²) < 4.78 is 28.2. The second-order valence-electron chi connectivity index (χ2n) is 4.82. The van der Waals surface area contributed by atoms with Gasteiger partial charge in [-0.2, -0.15) is 0 Å². The van der Waals surface area contributed by atoms with Crippen molar-refractivity contribution in [3.8, 4) is 5.88 Å². The number of methoxy groups -OCH3 is 1. The Morgan fingerprint density at radius 3 is 2.42 bits per heavy atom. The van der Waals surface area contributed by atoms with Gasteiger partial charge in [0.2, 0.25) is 5.88 Å². The SMILES string of the molecule is CCNC(c1nccnc1OC)C(C)(C)S(C)(=O)=O. The normalized spacial score (nSPS) is 14.2. The molecule has 0 fully saturated rings. The van der Waals surface area contributed by atoms with Crippen LogP contribution in [0.3, 0.4) is 0 Å². The van der Waals surface area contributed by atoms with Crippen molar-refractivity contribution in [3.63, 3.8) is 0 Å². The van der Waals surface area contributed by atoms with Crippen LogP contribution >= 0.6 is 0 Å². The van der Waals surface area contributed by atoms with Gasteiger partial charge in [0, 0.05) is 18.6 Å². The lowest BCUT2D eigenvalue weighted by atomic mass is 9.99. The average molecular weight is 287 g/mol. The Morgan fingerprint density at radius 1 is 1.37 bits per heavy atom. The van der Waals surface area contributed by atoms with Crippen molar-refractivity contribution in [1.29, 1.82) is 0 Å². The van der Waals surface area contributed by atoms with Gasteiger partial charge in [-0.15, -0.1) is 0 Å². The van der Waals surface area contributed by atoms with E-state index in [1.165, 1.54) is 25.8 Å². The first kappa shape index (κ1) is 15.8. The van der Waals surface area contributed by atoms with Gasteiger partial charge in [-0.25, -0.2) is 13.4 Å². The van der Waals surface area contributed by atoms with Crippen LogP contribution in [0.5, 0.6) is 5.88 Å². The summed E-state index contributed by atoms with van der Waals surface area (Å²) in [6.07, 6.45) is 4.26. The zero-order chi connectivity index (χ0) is 14.7. The molecule has 6 nitrogen and oxygen atoms in total. The topological polar surface area (TPSA) is 81.2 Å². The molecule has 0 aliphatic rings. The van der Waals surface area contributed by atoms with E-state index in [9.17, 15) is 8.42 Å². The maximum Gasteiger partial charge on any atom is 0.237 e. The van der Waals surface area contributed by atoms with Crippen molar-refractivity contribution >= 4 is 9.84 Å². The van der Waals surface area contributed by atoms with Crippen LogP contribution in [0.4, 0.5) is 0 Å². The largest absolute Gasteiger partial charge is 0.480 e. The minimum Gasteiger partial charge on any atom is -0.480 e. The van der Waals surface area contributed by atoms with E-state index in [1.807, 2.05) is 6.92 Å². The summed E-state index contributed by atoms with van der Waals surface area (Å²) in [6, 6.07) is -0.490. The van der Waals surface area contributed by atoms with Crippen molar-refractivity contribution < 1.29 is 13.2 Å². The summed E-state index contributed by atoms with van der Waals surface area (Å²) in [4.78, 5) is 8.31. The van der Waals surface area contributed by atoms with Crippen LogP contribution in [0.1, 0.15) is 32.5 Å². The van der Waals surface area contributed by atoms with Gasteiger partial charge in [-0.1, -0.05) is 6.92 Å². The van der Waals surface area contributed by atoms with E-state index in [-0.39, 0.29) is 0 Å². The Labute approximate surface area is 114 Å². The molecular formula is C12H21N3O3S. The molecule has 1 aromatic rings. The minimum atomic E-state index is -3.28. The Morgan fingerprint density at radius 2 is 1.95 bits per heavy atom. The van der Waals surface area contributed by atoms with Crippen molar-refractivity contribution in [1.82, 2.24) is 15.3 Å². The third kappa shape index (κ3) is 3.22. The lowest BCUT2D eigenvalue weighted by molar-refractivity contribution is 0.359. The number of hydrogen-bond acceptors (Lipinski definition) is 6. The molecule has 1 N–H and O–H groups in total. The monoisotopic (exact) mass is 287 g/mol. The van der Waals surface area contributed by atoms with Crippen molar-refractivity contribution in [2.45, 2.75) is 31.6 Å². The van der Waals surface area contributed by atoms with Crippen molar-refractivity contribution in [2.24, 2.45) is 0 Å². The molecule has 1 heterocycles. The predicted molar refractivity (Wildman–Crippen MR) is 73.9 cm³/mol. The summed E-state index contributed by atoms with van der Waals surface area (Å²) in [5.74, 6) is 0.338. The fourth-order valence-corrected chi connectivity index (χ4v) is 2.40. The van der Waals surface area contributed by atoms with Gasteiger partial charge in [-0.05, 0) is 20.4 Å². The zero-order valence-corrected chi connectivity index (χ0v) is 12.8. The first-order valence-corrected chi connectivity index (χ1v) is 7.92. The van der Waals surface area contributed by atoms with Crippen LogP contribution in [-0.4, -0.2) is 43.0 Å². The third-order valence-corrected chi connectivity index (χ3v) is 5.36. The summed E-state index contributed by atoms with van der Waals surface area (Å²) in [7, 11) is -1.79. The Bertz CT molecular complexity index is 529. The molecule has 1 atom stereocenters. The van der Waals surface area contributed by atoms with Gasteiger partial charge in [0.25, 0.3) is 0 Å². The van der Waals surface area contributed by atoms with Gasteiger partial charge >= 0.3 is 0 Å². The molecule has 0 radical (unpaired) electrons. The zero-order valence-electron chi connectivity index (χ0n) is 12.0. The second-order valence-corrected chi connectivity index (χ2v) is 7.41. The van der Waals surface area contributed by atoms with Crippen LogP contribution < -0.4 is 10.1 Å². The number of hydrogen-bond donors (Lipinski definition) is 1. The van der Waals surface area contributed by atoms with E-state index in [0.717, 1.165) is 0 Å². The molecule has 0 bridgehead atoms. The molecule has 108 valence electrons. The maximum atomic E-state index is 12.0. The van der Waals surface area contributed by atoms with E-state index in [4.69, 9.17) is 4.74 Å². The highest BCUT2D eigenvalue weighted by molar-refractivity contribution is 7.92. The molecule has 7 heteroatoms. The van der Waals surface area contributed by atoms with E-state index in [1.54, 1.807) is 13.8 Å². The van der Waals surface area contributed by atoms with E-state index < -0.39 is 20.6 Å². The highest BCUT2D eigenvalue weighted by Gasteiger charge is 2.41. The first-order chi connectivity index (χ1) is 8.75. The Kier molecular flexibility index (Phi) is 4.86. The molecule has 0 aliphatic heterocycles. The highest BCUT2D eigenvalue weighted by atomic mass is 32.2. The van der Waals surface area contributed by atoms with Crippen molar-refractivity contribution in [2.75, 3.05) is 19.9 Å². The number of aromatic nitrogens is 2. The summed E-state index contributed by atoms with van der Waals surface area (Å²) in [5.41, 5.74) is 0.502. The molecule has 19 heavy (non-hydrogen) atoms. The number of rotatable bonds is 6. The quantitative estimate of drug-likeness (QED) is 0.839. The van der Waals surface area contributed by atoms with Crippen molar-refractivity contribution in [3.05, 3.63) is 18.1 Å². The first-order valence-electron chi connectivity index (χ1n) is 6.03. The van der Waals surface area contributed by atoms with Crippen LogP contribution in [0.15, 0.2) is 12.4 Å². The van der Waals surface area contributed by atoms with Gasteiger partial charge in [0.1, 0.15) is 5.69 Å². The molecular weight excluding hydrogens is 266 g/mol. The predicted octanol–water partition coefficient (Wildman–Crippen LogP) is 0.959. The number of ether oxygens (including phenoxy) is 1.